The molecule has 1 aliphatic heterocycles. The fraction of sp³-hybridized carbons (Fsp3) is 0.263. The number of fused-ring (bicyclic) bond motifs is 1. The van der Waals surface area contributed by atoms with E-state index in [1.54, 1.807) is 0 Å². The molecule has 1 atom stereocenters. The Morgan fingerprint density at radius 1 is 1.21 bits per heavy atom. The summed E-state index contributed by atoms with van der Waals surface area (Å²) < 4.78 is 0. The fourth-order valence-electron chi connectivity index (χ4n) is 3.41. The van der Waals surface area contributed by atoms with E-state index in [0.717, 1.165) is 41.9 Å². The average Bonchev–Trinajstić information content (AvgIpc) is 3.23. The molecule has 2 heterocycles. The molecule has 1 N–H and O–H groups in total. The highest BCUT2D eigenvalue weighted by atomic mass is 35.5. The number of H-pyrrole nitrogens is 1. The van der Waals surface area contributed by atoms with Crippen LogP contribution in [0.3, 0.4) is 0 Å². The van der Waals surface area contributed by atoms with Crippen LogP contribution in [0, 0.1) is 5.92 Å². The first kappa shape index (κ1) is 15.2. The van der Waals surface area contributed by atoms with Gasteiger partial charge in [-0.1, -0.05) is 41.9 Å². The number of nitrogens with one attached hydrogen (secondary N) is 1. The van der Waals surface area contributed by atoms with Gasteiger partial charge in [0.25, 0.3) is 5.91 Å². The highest BCUT2D eigenvalue weighted by molar-refractivity contribution is 6.30. The van der Waals surface area contributed by atoms with Crippen LogP contribution in [-0.4, -0.2) is 34.1 Å². The van der Waals surface area contributed by atoms with Crippen molar-refractivity contribution in [1.82, 2.24) is 15.1 Å². The molecular formula is C19H18ClN3O. The van der Waals surface area contributed by atoms with Gasteiger partial charge in [0.1, 0.15) is 0 Å². The maximum absolute atomic E-state index is 12.8. The summed E-state index contributed by atoms with van der Waals surface area (Å²) in [5, 5.41) is 8.82. The van der Waals surface area contributed by atoms with Gasteiger partial charge in [-0.15, -0.1) is 0 Å². The molecule has 1 amide bonds. The number of hydrogen-bond donors (Lipinski definition) is 1. The van der Waals surface area contributed by atoms with Gasteiger partial charge in [0.2, 0.25) is 0 Å². The topological polar surface area (TPSA) is 49.0 Å². The summed E-state index contributed by atoms with van der Waals surface area (Å²) in [6.07, 6.45) is 2.00. The summed E-state index contributed by atoms with van der Waals surface area (Å²) in [7, 11) is 0. The molecular weight excluding hydrogens is 322 g/mol. The summed E-state index contributed by atoms with van der Waals surface area (Å²) in [6.45, 7) is 1.57. The second-order valence-corrected chi connectivity index (χ2v) is 6.79. The smallest absolute Gasteiger partial charge is 0.275 e. The summed E-state index contributed by atoms with van der Waals surface area (Å²) in [5.41, 5.74) is 2.69. The van der Waals surface area contributed by atoms with E-state index >= 15 is 0 Å². The molecule has 1 aliphatic rings. The lowest BCUT2D eigenvalue weighted by atomic mass is 9.99. The van der Waals surface area contributed by atoms with E-state index in [1.165, 1.54) is 5.56 Å². The van der Waals surface area contributed by atoms with Crippen LogP contribution in [0.5, 0.6) is 0 Å². The fourth-order valence-corrected chi connectivity index (χ4v) is 3.54. The molecule has 2 aromatic carbocycles. The van der Waals surface area contributed by atoms with Crippen molar-refractivity contribution in [2.24, 2.45) is 5.92 Å². The summed E-state index contributed by atoms with van der Waals surface area (Å²) in [6, 6.07) is 15.7. The van der Waals surface area contributed by atoms with Gasteiger partial charge in [-0.2, -0.15) is 5.10 Å². The Morgan fingerprint density at radius 3 is 2.83 bits per heavy atom. The Morgan fingerprint density at radius 2 is 2.00 bits per heavy atom. The largest absolute Gasteiger partial charge is 0.337 e. The lowest BCUT2D eigenvalue weighted by Gasteiger charge is -2.15. The number of nitrogens with zero attached hydrogens (tertiary/aromatic N) is 2. The Bertz CT molecular complexity index is 872. The highest BCUT2D eigenvalue weighted by Gasteiger charge is 2.29. The van der Waals surface area contributed by atoms with Crippen LogP contribution in [0.15, 0.2) is 48.5 Å². The van der Waals surface area contributed by atoms with Crippen molar-refractivity contribution in [3.8, 4) is 0 Å². The number of aromatic nitrogens is 2. The van der Waals surface area contributed by atoms with Crippen LogP contribution in [-0.2, 0) is 6.42 Å². The number of benzene rings is 2. The second kappa shape index (κ2) is 6.29. The number of aromatic amines is 1. The van der Waals surface area contributed by atoms with Crippen LogP contribution < -0.4 is 0 Å². The van der Waals surface area contributed by atoms with Crippen LogP contribution >= 0.6 is 11.6 Å². The summed E-state index contributed by atoms with van der Waals surface area (Å²) in [5.74, 6) is 0.506. The van der Waals surface area contributed by atoms with Crippen LogP contribution in [0.2, 0.25) is 5.02 Å². The molecule has 4 rings (SSSR count). The molecule has 1 aromatic heterocycles. The predicted octanol–water partition coefficient (Wildman–Crippen LogP) is 3.92. The molecule has 1 unspecified atom stereocenters. The van der Waals surface area contributed by atoms with Crippen LogP contribution in [0.1, 0.15) is 22.5 Å². The minimum Gasteiger partial charge on any atom is -0.337 e. The molecule has 24 heavy (non-hydrogen) atoms. The van der Waals surface area contributed by atoms with Gasteiger partial charge in [0.15, 0.2) is 5.69 Å². The SMILES string of the molecule is O=C(c1n[nH]c2ccccc12)N1CCC(Cc2ccc(Cl)cc2)C1. The van der Waals surface area contributed by atoms with E-state index in [2.05, 4.69) is 22.3 Å². The van der Waals surface area contributed by atoms with E-state index in [1.807, 2.05) is 41.3 Å². The summed E-state index contributed by atoms with van der Waals surface area (Å²) in [4.78, 5) is 14.7. The van der Waals surface area contributed by atoms with E-state index < -0.39 is 0 Å². The number of amides is 1. The quantitative estimate of drug-likeness (QED) is 0.786. The molecule has 0 saturated carbocycles. The van der Waals surface area contributed by atoms with E-state index in [0.29, 0.717) is 11.6 Å². The van der Waals surface area contributed by atoms with Gasteiger partial charge in [-0.25, -0.2) is 0 Å². The molecule has 3 aromatic rings. The molecule has 0 spiro atoms. The van der Waals surface area contributed by atoms with Crippen LogP contribution in [0.25, 0.3) is 10.9 Å². The maximum Gasteiger partial charge on any atom is 0.275 e. The zero-order valence-electron chi connectivity index (χ0n) is 13.2. The molecule has 0 bridgehead atoms. The Labute approximate surface area is 145 Å². The number of carbonyl (C=O) groups excluding carboxylic acids is 1. The molecule has 1 fully saturated rings. The Kier molecular flexibility index (Phi) is 3.98. The van der Waals surface area contributed by atoms with Crippen molar-refractivity contribution < 1.29 is 4.79 Å². The standard InChI is InChI=1S/C19H18ClN3O/c20-15-7-5-13(6-8-15)11-14-9-10-23(12-14)19(24)18-16-3-1-2-4-17(16)21-22-18/h1-8,14H,9-12H2,(H,21,22). The van der Waals surface area contributed by atoms with Gasteiger partial charge < -0.3 is 4.90 Å². The number of rotatable bonds is 3. The first-order valence-electron chi connectivity index (χ1n) is 8.17. The van der Waals surface area contributed by atoms with Gasteiger partial charge in [-0.05, 0) is 42.5 Å². The third kappa shape index (κ3) is 2.89. The molecule has 4 nitrogen and oxygen atoms in total. The molecule has 0 aliphatic carbocycles. The maximum atomic E-state index is 12.8. The van der Waals surface area contributed by atoms with Crippen molar-refractivity contribution in [1.29, 1.82) is 0 Å². The Balaban J connectivity index is 1.46. The molecule has 122 valence electrons. The van der Waals surface area contributed by atoms with Gasteiger partial charge in [-0.3, -0.25) is 9.89 Å². The lowest BCUT2D eigenvalue weighted by Crippen LogP contribution is -2.29. The van der Waals surface area contributed by atoms with E-state index in [9.17, 15) is 4.79 Å². The van der Waals surface area contributed by atoms with E-state index in [-0.39, 0.29) is 5.91 Å². The number of carbonyl (C=O) groups is 1. The van der Waals surface area contributed by atoms with Crippen molar-refractivity contribution in [2.45, 2.75) is 12.8 Å². The summed E-state index contributed by atoms with van der Waals surface area (Å²) >= 11 is 5.94. The first-order chi connectivity index (χ1) is 11.7. The van der Waals surface area contributed by atoms with Crippen molar-refractivity contribution >= 4 is 28.4 Å². The van der Waals surface area contributed by atoms with Crippen molar-refractivity contribution in [3.63, 3.8) is 0 Å². The minimum atomic E-state index is 0.0195. The minimum absolute atomic E-state index is 0.0195. The zero-order valence-corrected chi connectivity index (χ0v) is 14.0. The second-order valence-electron chi connectivity index (χ2n) is 6.35. The third-order valence-electron chi connectivity index (χ3n) is 4.68. The number of halogens is 1. The van der Waals surface area contributed by atoms with Gasteiger partial charge >= 0.3 is 0 Å². The number of likely N-dealkylation sites (tertiary alicyclic amines) is 1. The predicted molar refractivity (Wildman–Crippen MR) is 95.3 cm³/mol. The molecule has 5 heteroatoms. The Hall–Kier alpha value is -2.33. The zero-order chi connectivity index (χ0) is 16.5. The van der Waals surface area contributed by atoms with Crippen LogP contribution in [0.4, 0.5) is 0 Å². The van der Waals surface area contributed by atoms with Gasteiger partial charge in [0.05, 0.1) is 5.52 Å². The van der Waals surface area contributed by atoms with Gasteiger partial charge in [0, 0.05) is 23.5 Å². The number of para-hydroxylation sites is 1. The lowest BCUT2D eigenvalue weighted by molar-refractivity contribution is 0.0783. The molecule has 1 saturated heterocycles. The third-order valence-corrected chi connectivity index (χ3v) is 4.94. The normalized spacial score (nSPS) is 17.5. The monoisotopic (exact) mass is 339 g/mol. The molecule has 0 radical (unpaired) electrons. The van der Waals surface area contributed by atoms with Crippen molar-refractivity contribution in [3.05, 3.63) is 64.8 Å². The van der Waals surface area contributed by atoms with E-state index in [4.69, 9.17) is 11.6 Å². The average molecular weight is 340 g/mol. The highest BCUT2D eigenvalue weighted by Crippen LogP contribution is 2.25. The van der Waals surface area contributed by atoms with Crippen molar-refractivity contribution in [2.75, 3.05) is 13.1 Å². The number of hydrogen-bond acceptors (Lipinski definition) is 2. The first-order valence-corrected chi connectivity index (χ1v) is 8.55.